The number of ether oxygens (including phenoxy) is 1. The number of rotatable bonds is 11. The van der Waals surface area contributed by atoms with E-state index in [-0.39, 0.29) is 5.97 Å². The van der Waals surface area contributed by atoms with E-state index < -0.39 is 4.75 Å². The third kappa shape index (κ3) is 5.47. The molecule has 162 valence electrons. The number of hydrogen-bond donors (Lipinski definition) is 0. The Morgan fingerprint density at radius 2 is 1.53 bits per heavy atom. The summed E-state index contributed by atoms with van der Waals surface area (Å²) in [6, 6.07) is 20.3. The van der Waals surface area contributed by atoms with Crippen molar-refractivity contribution in [2.24, 2.45) is 0 Å². The van der Waals surface area contributed by atoms with E-state index in [9.17, 15) is 4.79 Å². The molecule has 1 heterocycles. The zero-order valence-corrected chi connectivity index (χ0v) is 19.3. The van der Waals surface area contributed by atoms with Crippen LogP contribution in [0.15, 0.2) is 60.7 Å². The van der Waals surface area contributed by atoms with Crippen LogP contribution in [0, 0.1) is 0 Å². The molecule has 0 atom stereocenters. The van der Waals surface area contributed by atoms with Crippen LogP contribution in [0.4, 0.5) is 0 Å². The molecule has 0 aromatic heterocycles. The van der Waals surface area contributed by atoms with Crippen molar-refractivity contribution in [2.45, 2.75) is 43.8 Å². The van der Waals surface area contributed by atoms with Gasteiger partial charge in [-0.3, -0.25) is 0 Å². The van der Waals surface area contributed by atoms with Gasteiger partial charge in [0.25, 0.3) is 0 Å². The molecule has 4 heteroatoms. The molecule has 1 aliphatic rings. The van der Waals surface area contributed by atoms with Gasteiger partial charge in [-0.05, 0) is 23.3 Å². The van der Waals surface area contributed by atoms with E-state index in [0.717, 1.165) is 34.3 Å². The number of quaternary nitrogens is 1. The van der Waals surface area contributed by atoms with Crippen LogP contribution in [0.3, 0.4) is 0 Å². The van der Waals surface area contributed by atoms with Gasteiger partial charge in [-0.25, -0.2) is 4.79 Å². The summed E-state index contributed by atoms with van der Waals surface area (Å²) in [5, 5.41) is 0. The number of likely N-dealkylation sites (N-methyl/N-ethyl adjacent to an activating group) is 1. The van der Waals surface area contributed by atoms with Gasteiger partial charge in [0.05, 0.1) is 20.1 Å². The first kappa shape index (κ1) is 22.9. The van der Waals surface area contributed by atoms with Crippen molar-refractivity contribution in [2.75, 3.05) is 39.0 Å². The molecule has 0 bridgehead atoms. The van der Waals surface area contributed by atoms with E-state index in [1.165, 1.54) is 38.8 Å². The molecule has 1 fully saturated rings. The average Bonchev–Trinajstić information content (AvgIpc) is 3.21. The molecule has 0 radical (unpaired) electrons. The lowest BCUT2D eigenvalue weighted by Crippen LogP contribution is -2.45. The van der Waals surface area contributed by atoms with E-state index in [1.807, 2.05) is 36.4 Å². The summed E-state index contributed by atoms with van der Waals surface area (Å²) in [6.07, 6.45) is 6.00. The Morgan fingerprint density at radius 3 is 2.07 bits per heavy atom. The minimum absolute atomic E-state index is 0.132. The predicted molar refractivity (Wildman–Crippen MR) is 127 cm³/mol. The molecule has 0 amide bonds. The number of thioether (sulfide) groups is 1. The summed E-state index contributed by atoms with van der Waals surface area (Å²) in [7, 11) is 2.28. The minimum Gasteiger partial charge on any atom is -0.458 e. The molecule has 1 aliphatic heterocycles. The minimum atomic E-state index is -0.820. The number of hydrogen-bond acceptors (Lipinski definition) is 3. The molecule has 2 aromatic rings. The average molecular weight is 427 g/mol. The lowest BCUT2D eigenvalue weighted by Gasteiger charge is -2.33. The standard InChI is InChI=1S/C26H36NO2S/c1-3-4-13-22-30-26(23-14-7-5-8-15-23,24-16-9-6-10-17-24)25(28)29-21-20-27(2)18-11-12-19-27/h5-10,14-17H,3-4,11-13,18-22H2,1-2H3/q+1. The van der Waals surface area contributed by atoms with Gasteiger partial charge in [0.15, 0.2) is 4.75 Å². The Kier molecular flexibility index (Phi) is 8.41. The Hall–Kier alpha value is -1.78. The normalized spacial score (nSPS) is 15.8. The highest BCUT2D eigenvalue weighted by Gasteiger charge is 2.44. The quantitative estimate of drug-likeness (QED) is 0.264. The Labute approximate surface area is 186 Å². The van der Waals surface area contributed by atoms with Crippen LogP contribution < -0.4 is 0 Å². The number of benzene rings is 2. The summed E-state index contributed by atoms with van der Waals surface area (Å²) >= 11 is 1.73. The molecule has 0 aliphatic carbocycles. The van der Waals surface area contributed by atoms with Crippen LogP contribution in [-0.4, -0.2) is 49.5 Å². The monoisotopic (exact) mass is 426 g/mol. The summed E-state index contributed by atoms with van der Waals surface area (Å²) in [4.78, 5) is 13.8. The van der Waals surface area contributed by atoms with Crippen LogP contribution in [-0.2, 0) is 14.3 Å². The van der Waals surface area contributed by atoms with Crippen molar-refractivity contribution in [1.29, 1.82) is 0 Å². The summed E-state index contributed by atoms with van der Waals surface area (Å²) in [5.74, 6) is 0.799. The summed E-state index contributed by atoms with van der Waals surface area (Å²) in [5.41, 5.74) is 2.01. The third-order valence-corrected chi connectivity index (χ3v) is 7.79. The van der Waals surface area contributed by atoms with Gasteiger partial charge >= 0.3 is 5.97 Å². The third-order valence-electron chi connectivity index (χ3n) is 6.22. The number of likely N-dealkylation sites (tertiary alicyclic amines) is 1. The molecule has 0 unspecified atom stereocenters. The molecule has 30 heavy (non-hydrogen) atoms. The van der Waals surface area contributed by atoms with E-state index in [4.69, 9.17) is 4.74 Å². The first-order valence-corrected chi connectivity index (χ1v) is 12.3. The maximum Gasteiger partial charge on any atom is 0.331 e. The highest BCUT2D eigenvalue weighted by Crippen LogP contribution is 2.44. The van der Waals surface area contributed by atoms with Crippen LogP contribution in [0.1, 0.15) is 50.2 Å². The van der Waals surface area contributed by atoms with E-state index in [1.54, 1.807) is 11.8 Å². The fourth-order valence-corrected chi connectivity index (χ4v) is 5.77. The molecule has 0 N–H and O–H groups in total. The molecule has 2 aromatic carbocycles. The topological polar surface area (TPSA) is 26.3 Å². The van der Waals surface area contributed by atoms with Gasteiger partial charge in [0, 0.05) is 12.8 Å². The van der Waals surface area contributed by atoms with Gasteiger partial charge in [-0.2, -0.15) is 0 Å². The van der Waals surface area contributed by atoms with Crippen LogP contribution >= 0.6 is 11.8 Å². The maximum absolute atomic E-state index is 13.8. The second kappa shape index (κ2) is 11.0. The van der Waals surface area contributed by atoms with E-state index in [0.29, 0.717) is 6.61 Å². The van der Waals surface area contributed by atoms with Crippen molar-refractivity contribution in [3.63, 3.8) is 0 Å². The highest BCUT2D eigenvalue weighted by molar-refractivity contribution is 8.01. The second-order valence-corrected chi connectivity index (χ2v) is 9.91. The van der Waals surface area contributed by atoms with E-state index >= 15 is 0 Å². The lowest BCUT2D eigenvalue weighted by molar-refractivity contribution is -0.897. The van der Waals surface area contributed by atoms with Gasteiger partial charge in [-0.1, -0.05) is 80.4 Å². The van der Waals surface area contributed by atoms with Gasteiger partial charge < -0.3 is 9.22 Å². The fraction of sp³-hybridized carbons (Fsp3) is 0.500. The summed E-state index contributed by atoms with van der Waals surface area (Å²) < 4.78 is 6.22. The zero-order chi connectivity index (χ0) is 21.3. The number of carbonyl (C=O) groups excluding carboxylic acids is 1. The number of esters is 1. The van der Waals surface area contributed by atoms with Crippen molar-refractivity contribution >= 4 is 17.7 Å². The lowest BCUT2D eigenvalue weighted by atomic mass is 9.90. The molecular weight excluding hydrogens is 390 g/mol. The Morgan fingerprint density at radius 1 is 0.967 bits per heavy atom. The number of nitrogens with zero attached hydrogens (tertiary/aromatic N) is 1. The maximum atomic E-state index is 13.8. The van der Waals surface area contributed by atoms with Crippen molar-refractivity contribution < 1.29 is 14.0 Å². The highest BCUT2D eigenvalue weighted by atomic mass is 32.2. The van der Waals surface area contributed by atoms with E-state index in [2.05, 4.69) is 38.2 Å². The Balaban J connectivity index is 1.87. The van der Waals surface area contributed by atoms with Crippen molar-refractivity contribution in [3.05, 3.63) is 71.8 Å². The zero-order valence-electron chi connectivity index (χ0n) is 18.5. The first-order chi connectivity index (χ1) is 14.6. The van der Waals surface area contributed by atoms with Gasteiger partial charge in [0.2, 0.25) is 0 Å². The first-order valence-electron chi connectivity index (χ1n) is 11.4. The van der Waals surface area contributed by atoms with Crippen molar-refractivity contribution in [3.8, 4) is 0 Å². The molecule has 1 saturated heterocycles. The largest absolute Gasteiger partial charge is 0.458 e. The summed E-state index contributed by atoms with van der Waals surface area (Å²) in [6.45, 7) is 5.96. The van der Waals surface area contributed by atoms with Crippen LogP contribution in [0.5, 0.6) is 0 Å². The van der Waals surface area contributed by atoms with Gasteiger partial charge in [-0.15, -0.1) is 11.8 Å². The van der Waals surface area contributed by atoms with Crippen LogP contribution in [0.25, 0.3) is 0 Å². The number of carbonyl (C=O) groups is 1. The molecular formula is C26H36NO2S+. The van der Waals surface area contributed by atoms with Crippen molar-refractivity contribution in [1.82, 2.24) is 0 Å². The molecule has 3 nitrogen and oxygen atoms in total. The fourth-order valence-electron chi connectivity index (χ4n) is 4.33. The van der Waals surface area contributed by atoms with Crippen LogP contribution in [0.2, 0.25) is 0 Å². The second-order valence-electron chi connectivity index (χ2n) is 8.60. The molecule has 3 rings (SSSR count). The Bertz CT molecular complexity index is 733. The smallest absolute Gasteiger partial charge is 0.331 e. The molecule has 0 saturated carbocycles. The number of unbranched alkanes of at least 4 members (excludes halogenated alkanes) is 2. The predicted octanol–water partition coefficient (Wildman–Crippen LogP) is 5.64. The van der Waals surface area contributed by atoms with Gasteiger partial charge in [0.1, 0.15) is 13.2 Å². The molecule has 0 spiro atoms. The SMILES string of the molecule is CCCCCSC(C(=O)OCC[N+]1(C)CCCC1)(c1ccccc1)c1ccccc1.